The molecule has 1 saturated carbocycles. The molecule has 14 heavy (non-hydrogen) atoms. The predicted octanol–water partition coefficient (Wildman–Crippen LogP) is 2.65. The minimum Gasteiger partial charge on any atom is -0.496 e. The largest absolute Gasteiger partial charge is 0.496 e. The standard InChI is InChI=1S/C10H9F3O/c11-10(12,13)7-4-14-9-6-2-1-5(3-6)8(7)9/h1-2,4-6,8-9H,3H2. The number of rotatable bonds is 0. The fourth-order valence-electron chi connectivity index (χ4n) is 2.86. The average molecular weight is 202 g/mol. The zero-order chi connectivity index (χ0) is 9.92. The van der Waals surface area contributed by atoms with Crippen LogP contribution in [0.3, 0.4) is 0 Å². The molecule has 0 aromatic rings. The van der Waals surface area contributed by atoms with Crippen molar-refractivity contribution in [2.75, 3.05) is 0 Å². The second kappa shape index (κ2) is 2.35. The van der Waals surface area contributed by atoms with Gasteiger partial charge in [-0.1, -0.05) is 12.2 Å². The van der Waals surface area contributed by atoms with Gasteiger partial charge >= 0.3 is 6.18 Å². The molecule has 0 aromatic carbocycles. The van der Waals surface area contributed by atoms with E-state index in [1.807, 2.05) is 12.2 Å². The Hall–Kier alpha value is -0.930. The van der Waals surface area contributed by atoms with E-state index in [1.54, 1.807) is 0 Å². The summed E-state index contributed by atoms with van der Waals surface area (Å²) in [6, 6.07) is 0. The molecule has 1 fully saturated rings. The van der Waals surface area contributed by atoms with Crippen LogP contribution < -0.4 is 0 Å². The van der Waals surface area contributed by atoms with Crippen LogP contribution in [0.25, 0.3) is 0 Å². The lowest BCUT2D eigenvalue weighted by Gasteiger charge is -2.22. The van der Waals surface area contributed by atoms with E-state index >= 15 is 0 Å². The van der Waals surface area contributed by atoms with Gasteiger partial charge in [0.1, 0.15) is 6.10 Å². The summed E-state index contributed by atoms with van der Waals surface area (Å²) in [6.45, 7) is 0. The number of alkyl halides is 3. The van der Waals surface area contributed by atoms with Gasteiger partial charge < -0.3 is 4.74 Å². The fourth-order valence-corrected chi connectivity index (χ4v) is 2.86. The van der Waals surface area contributed by atoms with Crippen LogP contribution in [0.15, 0.2) is 24.0 Å². The molecule has 1 nitrogen and oxygen atoms in total. The normalized spacial score (nSPS) is 43.8. The predicted molar refractivity (Wildman–Crippen MR) is 43.2 cm³/mol. The molecule has 3 rings (SSSR count). The van der Waals surface area contributed by atoms with Crippen molar-refractivity contribution in [2.45, 2.75) is 18.7 Å². The van der Waals surface area contributed by atoms with Crippen molar-refractivity contribution in [1.29, 1.82) is 0 Å². The van der Waals surface area contributed by atoms with Gasteiger partial charge in [0.05, 0.1) is 11.8 Å². The molecule has 3 aliphatic rings. The van der Waals surface area contributed by atoms with Crippen LogP contribution >= 0.6 is 0 Å². The Morgan fingerprint density at radius 3 is 2.64 bits per heavy atom. The van der Waals surface area contributed by atoms with Crippen LogP contribution in [0.1, 0.15) is 6.42 Å². The second-order valence-electron chi connectivity index (χ2n) is 4.15. The van der Waals surface area contributed by atoms with E-state index in [1.165, 1.54) is 0 Å². The Balaban J connectivity index is 1.95. The molecule has 76 valence electrons. The Morgan fingerprint density at radius 1 is 1.21 bits per heavy atom. The zero-order valence-electron chi connectivity index (χ0n) is 7.29. The molecule has 2 bridgehead atoms. The number of hydrogen-bond acceptors (Lipinski definition) is 1. The summed E-state index contributed by atoms with van der Waals surface area (Å²) in [5.74, 6) is -0.202. The van der Waals surface area contributed by atoms with Gasteiger partial charge in [0.2, 0.25) is 0 Å². The van der Waals surface area contributed by atoms with Crippen LogP contribution in [-0.4, -0.2) is 12.3 Å². The van der Waals surface area contributed by atoms with E-state index < -0.39 is 17.7 Å². The van der Waals surface area contributed by atoms with Gasteiger partial charge in [-0.05, 0) is 12.3 Å². The SMILES string of the molecule is FC(F)(F)C1=COC2C3C=CC(C3)C12. The number of allylic oxidation sites excluding steroid dienone is 1. The van der Waals surface area contributed by atoms with Gasteiger partial charge in [-0.3, -0.25) is 0 Å². The lowest BCUT2D eigenvalue weighted by Crippen LogP contribution is -2.28. The van der Waals surface area contributed by atoms with Gasteiger partial charge in [0.25, 0.3) is 0 Å². The minimum atomic E-state index is -4.22. The summed E-state index contributed by atoms with van der Waals surface area (Å²) < 4.78 is 42.8. The average Bonchev–Trinajstić information content (AvgIpc) is 2.74. The Labute approximate surface area is 79.2 Å². The molecule has 1 heterocycles. The van der Waals surface area contributed by atoms with Gasteiger partial charge in [0.15, 0.2) is 0 Å². The zero-order valence-corrected chi connectivity index (χ0v) is 7.29. The molecule has 4 heteroatoms. The highest BCUT2D eigenvalue weighted by Gasteiger charge is 2.56. The van der Waals surface area contributed by atoms with Crippen LogP contribution in [0.2, 0.25) is 0 Å². The molecule has 0 radical (unpaired) electrons. The number of hydrogen-bond donors (Lipinski definition) is 0. The first-order valence-electron chi connectivity index (χ1n) is 4.68. The molecule has 0 N–H and O–H groups in total. The van der Waals surface area contributed by atoms with Gasteiger partial charge in [0, 0.05) is 11.8 Å². The van der Waals surface area contributed by atoms with Crippen molar-refractivity contribution in [3.63, 3.8) is 0 Å². The molecule has 2 aliphatic carbocycles. The topological polar surface area (TPSA) is 9.23 Å². The molecule has 0 spiro atoms. The van der Waals surface area contributed by atoms with Crippen molar-refractivity contribution in [3.8, 4) is 0 Å². The van der Waals surface area contributed by atoms with Crippen molar-refractivity contribution in [3.05, 3.63) is 24.0 Å². The first-order valence-corrected chi connectivity index (χ1v) is 4.68. The maximum atomic E-state index is 12.6. The Bertz CT molecular complexity index is 329. The quantitative estimate of drug-likeness (QED) is 0.549. The summed E-state index contributed by atoms with van der Waals surface area (Å²) in [4.78, 5) is 0. The minimum absolute atomic E-state index is 0.0420. The lowest BCUT2D eigenvalue weighted by atomic mass is 9.86. The monoisotopic (exact) mass is 202 g/mol. The van der Waals surface area contributed by atoms with Gasteiger partial charge in [-0.2, -0.15) is 13.2 Å². The molecular formula is C10H9F3O. The first-order chi connectivity index (χ1) is 6.57. The highest BCUT2D eigenvalue weighted by Crippen LogP contribution is 2.54. The summed E-state index contributed by atoms with van der Waals surface area (Å²) >= 11 is 0. The van der Waals surface area contributed by atoms with Crippen molar-refractivity contribution >= 4 is 0 Å². The number of ether oxygens (including phenoxy) is 1. The fraction of sp³-hybridized carbons (Fsp3) is 0.600. The highest BCUT2D eigenvalue weighted by molar-refractivity contribution is 5.29. The van der Waals surface area contributed by atoms with Gasteiger partial charge in [-0.25, -0.2) is 0 Å². The van der Waals surface area contributed by atoms with Gasteiger partial charge in [-0.15, -0.1) is 0 Å². The van der Waals surface area contributed by atoms with Crippen LogP contribution in [0.4, 0.5) is 13.2 Å². The molecular weight excluding hydrogens is 193 g/mol. The Morgan fingerprint density at radius 2 is 1.93 bits per heavy atom. The third-order valence-electron chi connectivity index (χ3n) is 3.43. The number of halogens is 3. The summed E-state index contributed by atoms with van der Waals surface area (Å²) in [5, 5.41) is 0. The molecule has 0 saturated heterocycles. The smallest absolute Gasteiger partial charge is 0.416 e. The lowest BCUT2D eigenvalue weighted by molar-refractivity contribution is -0.0993. The highest BCUT2D eigenvalue weighted by atomic mass is 19.4. The maximum absolute atomic E-state index is 12.6. The number of fused-ring (bicyclic) bond motifs is 5. The van der Waals surface area contributed by atoms with E-state index in [-0.39, 0.29) is 17.9 Å². The van der Waals surface area contributed by atoms with Crippen molar-refractivity contribution in [2.24, 2.45) is 17.8 Å². The molecule has 1 aliphatic heterocycles. The van der Waals surface area contributed by atoms with E-state index in [2.05, 4.69) is 0 Å². The van der Waals surface area contributed by atoms with Crippen LogP contribution in [-0.2, 0) is 4.74 Å². The maximum Gasteiger partial charge on any atom is 0.416 e. The van der Waals surface area contributed by atoms with Crippen molar-refractivity contribution in [1.82, 2.24) is 0 Å². The van der Waals surface area contributed by atoms with E-state index in [4.69, 9.17) is 4.74 Å². The molecule has 0 aromatic heterocycles. The summed E-state index contributed by atoms with van der Waals surface area (Å²) in [7, 11) is 0. The first kappa shape index (κ1) is 8.38. The summed E-state index contributed by atoms with van der Waals surface area (Å²) in [5.41, 5.74) is -0.473. The third kappa shape index (κ3) is 0.913. The van der Waals surface area contributed by atoms with Crippen LogP contribution in [0, 0.1) is 17.8 Å². The molecule has 4 unspecified atom stereocenters. The van der Waals surface area contributed by atoms with E-state index in [0.717, 1.165) is 12.7 Å². The van der Waals surface area contributed by atoms with E-state index in [0.29, 0.717) is 0 Å². The van der Waals surface area contributed by atoms with E-state index in [9.17, 15) is 13.2 Å². The molecule has 4 atom stereocenters. The summed E-state index contributed by atoms with van der Waals surface area (Å²) in [6.07, 6.45) is 1.16. The third-order valence-corrected chi connectivity index (χ3v) is 3.43. The van der Waals surface area contributed by atoms with Crippen LogP contribution in [0.5, 0.6) is 0 Å². The Kier molecular flexibility index (Phi) is 1.41. The molecule has 0 amide bonds. The van der Waals surface area contributed by atoms with Crippen molar-refractivity contribution < 1.29 is 17.9 Å². The second-order valence-corrected chi connectivity index (χ2v) is 4.15.